The number of fused-ring (bicyclic) bond motifs is 1. The Morgan fingerprint density at radius 3 is 2.78 bits per heavy atom. The Morgan fingerprint density at radius 2 is 2.11 bits per heavy atom. The summed E-state index contributed by atoms with van der Waals surface area (Å²) in [5.74, 6) is 0. The number of halogens is 1. The summed E-state index contributed by atoms with van der Waals surface area (Å²) in [7, 11) is 0. The van der Waals surface area contributed by atoms with Crippen LogP contribution in [0.2, 0.25) is 5.02 Å². The first kappa shape index (κ1) is 12.4. The van der Waals surface area contributed by atoms with E-state index in [1.165, 1.54) is 9.58 Å². The lowest BCUT2D eigenvalue weighted by Crippen LogP contribution is -2.25. The van der Waals surface area contributed by atoms with E-state index in [1.807, 2.05) is 12.1 Å². The molecule has 1 aliphatic rings. The quantitative estimate of drug-likeness (QED) is 0.880. The van der Waals surface area contributed by atoms with Gasteiger partial charge in [0.25, 0.3) is 0 Å². The molecule has 1 fully saturated rings. The van der Waals surface area contributed by atoms with E-state index in [2.05, 4.69) is 17.4 Å². The van der Waals surface area contributed by atoms with E-state index in [-0.39, 0.29) is 5.41 Å². The summed E-state index contributed by atoms with van der Waals surface area (Å²) in [6.07, 6.45) is 2.27. The lowest BCUT2D eigenvalue weighted by atomic mass is 10.1. The predicted molar refractivity (Wildman–Crippen MR) is 77.3 cm³/mol. The van der Waals surface area contributed by atoms with E-state index in [4.69, 9.17) is 11.6 Å². The van der Waals surface area contributed by atoms with Crippen LogP contribution in [0.1, 0.15) is 17.7 Å². The molecule has 0 saturated heterocycles. The molecule has 2 aromatic rings. The van der Waals surface area contributed by atoms with Gasteiger partial charge < -0.3 is 10.4 Å². The fourth-order valence-corrected chi connectivity index (χ4v) is 3.66. The van der Waals surface area contributed by atoms with E-state index < -0.39 is 0 Å². The van der Waals surface area contributed by atoms with Gasteiger partial charge in [-0.15, -0.1) is 11.3 Å². The maximum atomic E-state index is 9.26. The van der Waals surface area contributed by atoms with Gasteiger partial charge in [0.15, 0.2) is 0 Å². The molecule has 0 bridgehead atoms. The Hall–Kier alpha value is -0.610. The van der Waals surface area contributed by atoms with Gasteiger partial charge in [0.05, 0.1) is 5.02 Å². The van der Waals surface area contributed by atoms with Gasteiger partial charge in [-0.3, -0.25) is 0 Å². The summed E-state index contributed by atoms with van der Waals surface area (Å²) >= 11 is 8.12. The Kier molecular flexibility index (Phi) is 3.32. The van der Waals surface area contributed by atoms with E-state index >= 15 is 0 Å². The molecule has 0 aliphatic heterocycles. The summed E-state index contributed by atoms with van der Waals surface area (Å²) in [6.45, 7) is 1.97. The summed E-state index contributed by atoms with van der Waals surface area (Å²) in [5.41, 5.74) is 0.156. The molecule has 96 valence electrons. The number of aliphatic hydroxyl groups is 1. The summed E-state index contributed by atoms with van der Waals surface area (Å²) in [5, 5.41) is 14.7. The van der Waals surface area contributed by atoms with Crippen molar-refractivity contribution in [2.45, 2.75) is 19.4 Å². The highest BCUT2D eigenvalue weighted by Crippen LogP contribution is 2.44. The summed E-state index contributed by atoms with van der Waals surface area (Å²) in [6, 6.07) is 8.22. The third-order valence-corrected chi connectivity index (χ3v) is 5.39. The normalized spacial score (nSPS) is 17.2. The average Bonchev–Trinajstić information content (AvgIpc) is 3.11. The summed E-state index contributed by atoms with van der Waals surface area (Å²) in [4.78, 5) is 1.19. The van der Waals surface area contributed by atoms with Gasteiger partial charge in [-0.05, 0) is 18.9 Å². The molecular weight excluding hydrogens is 266 g/mol. The van der Waals surface area contributed by atoms with Crippen LogP contribution in [0.3, 0.4) is 0 Å². The van der Waals surface area contributed by atoms with Crippen LogP contribution in [0.15, 0.2) is 24.3 Å². The van der Waals surface area contributed by atoms with Gasteiger partial charge in [0, 0.05) is 40.1 Å². The first-order valence-corrected chi connectivity index (χ1v) is 7.41. The van der Waals surface area contributed by atoms with Crippen LogP contribution in [-0.4, -0.2) is 18.3 Å². The second-order valence-corrected chi connectivity index (χ2v) is 6.61. The van der Waals surface area contributed by atoms with Crippen LogP contribution in [0.4, 0.5) is 0 Å². The molecule has 1 aromatic heterocycles. The van der Waals surface area contributed by atoms with Crippen molar-refractivity contribution in [1.82, 2.24) is 5.32 Å². The van der Waals surface area contributed by atoms with Gasteiger partial charge in [0.1, 0.15) is 0 Å². The molecular formula is C14H16ClNOS. The number of aliphatic hydroxyl groups excluding tert-OH is 1. The number of hydrogen-bond acceptors (Lipinski definition) is 3. The minimum absolute atomic E-state index is 0.156. The number of hydrogen-bond donors (Lipinski definition) is 2. The molecule has 0 unspecified atom stereocenters. The van der Waals surface area contributed by atoms with Gasteiger partial charge in [-0.25, -0.2) is 0 Å². The number of nitrogens with one attached hydrogen (secondary N) is 1. The molecule has 0 spiro atoms. The van der Waals surface area contributed by atoms with E-state index in [9.17, 15) is 5.11 Å². The number of rotatable bonds is 5. The van der Waals surface area contributed by atoms with Crippen molar-refractivity contribution in [2.24, 2.45) is 5.41 Å². The number of benzene rings is 1. The maximum Gasteiger partial charge on any atom is 0.0636 e. The second kappa shape index (κ2) is 4.82. The first-order valence-electron chi connectivity index (χ1n) is 6.22. The van der Waals surface area contributed by atoms with Crippen LogP contribution in [0, 0.1) is 5.41 Å². The minimum Gasteiger partial charge on any atom is -0.396 e. The third kappa shape index (κ3) is 2.28. The van der Waals surface area contributed by atoms with E-state index in [0.717, 1.165) is 36.3 Å². The Balaban J connectivity index is 1.69. The van der Waals surface area contributed by atoms with Crippen molar-refractivity contribution in [1.29, 1.82) is 0 Å². The predicted octanol–water partition coefficient (Wildman–Crippen LogP) is 3.42. The molecule has 2 N–H and O–H groups in total. The zero-order valence-corrected chi connectivity index (χ0v) is 11.7. The van der Waals surface area contributed by atoms with Crippen LogP contribution in [-0.2, 0) is 6.54 Å². The molecule has 0 atom stereocenters. The van der Waals surface area contributed by atoms with Gasteiger partial charge in [-0.2, -0.15) is 0 Å². The molecule has 3 rings (SSSR count). The van der Waals surface area contributed by atoms with Gasteiger partial charge in [-0.1, -0.05) is 29.8 Å². The molecule has 0 radical (unpaired) electrons. The molecule has 18 heavy (non-hydrogen) atoms. The minimum atomic E-state index is 0.156. The molecule has 0 amide bonds. The van der Waals surface area contributed by atoms with Crippen molar-refractivity contribution in [3.8, 4) is 0 Å². The average molecular weight is 282 g/mol. The Morgan fingerprint density at radius 1 is 1.33 bits per heavy atom. The lowest BCUT2D eigenvalue weighted by Gasteiger charge is -2.11. The highest BCUT2D eigenvalue weighted by molar-refractivity contribution is 7.19. The number of thiophene rings is 1. The molecule has 4 heteroatoms. The van der Waals surface area contributed by atoms with Crippen molar-refractivity contribution < 1.29 is 5.11 Å². The topological polar surface area (TPSA) is 32.3 Å². The largest absolute Gasteiger partial charge is 0.396 e. The third-order valence-electron chi connectivity index (χ3n) is 3.68. The smallest absolute Gasteiger partial charge is 0.0636 e. The lowest BCUT2D eigenvalue weighted by molar-refractivity contribution is 0.207. The van der Waals surface area contributed by atoms with Crippen LogP contribution >= 0.6 is 22.9 Å². The van der Waals surface area contributed by atoms with Gasteiger partial charge in [0.2, 0.25) is 0 Å². The molecule has 1 heterocycles. The molecule has 1 aromatic carbocycles. The Labute approximate surface area is 116 Å². The Bertz CT molecular complexity index is 562. The fourth-order valence-electron chi connectivity index (χ4n) is 2.19. The SMILES string of the molecule is OCC1(CNCc2sc3ccccc3c2Cl)CC1. The standard InChI is InChI=1S/C14H16ClNOS/c15-13-10-3-1-2-4-11(10)18-12(13)7-16-8-14(9-17)5-6-14/h1-4,16-17H,5-9H2. The fraction of sp³-hybridized carbons (Fsp3) is 0.429. The monoisotopic (exact) mass is 281 g/mol. The van der Waals surface area contributed by atoms with Crippen LogP contribution < -0.4 is 5.32 Å². The highest BCUT2D eigenvalue weighted by Gasteiger charge is 2.41. The molecule has 1 aliphatic carbocycles. The summed E-state index contributed by atoms with van der Waals surface area (Å²) < 4.78 is 1.24. The van der Waals surface area contributed by atoms with Crippen LogP contribution in [0.5, 0.6) is 0 Å². The van der Waals surface area contributed by atoms with Crippen molar-refractivity contribution in [3.05, 3.63) is 34.2 Å². The van der Waals surface area contributed by atoms with E-state index in [0.29, 0.717) is 6.61 Å². The van der Waals surface area contributed by atoms with Gasteiger partial charge >= 0.3 is 0 Å². The van der Waals surface area contributed by atoms with Crippen molar-refractivity contribution in [2.75, 3.05) is 13.2 Å². The van der Waals surface area contributed by atoms with Crippen LogP contribution in [0.25, 0.3) is 10.1 Å². The van der Waals surface area contributed by atoms with Crippen molar-refractivity contribution in [3.63, 3.8) is 0 Å². The molecule has 1 saturated carbocycles. The first-order chi connectivity index (χ1) is 8.74. The maximum absolute atomic E-state index is 9.26. The van der Waals surface area contributed by atoms with E-state index in [1.54, 1.807) is 11.3 Å². The second-order valence-electron chi connectivity index (χ2n) is 5.10. The van der Waals surface area contributed by atoms with Crippen molar-refractivity contribution >= 4 is 33.0 Å². The highest BCUT2D eigenvalue weighted by atomic mass is 35.5. The molecule has 2 nitrogen and oxygen atoms in total. The zero-order chi connectivity index (χ0) is 12.6. The zero-order valence-electron chi connectivity index (χ0n) is 10.1.